The molecule has 0 aliphatic carbocycles. The highest BCUT2D eigenvalue weighted by Gasteiger charge is 2.38. The van der Waals surface area contributed by atoms with Gasteiger partial charge in [0.25, 0.3) is 0 Å². The molecule has 1 N–H and O–H groups in total. The predicted octanol–water partition coefficient (Wildman–Crippen LogP) is 4.38. The van der Waals surface area contributed by atoms with E-state index in [-0.39, 0.29) is 25.0 Å². The smallest absolute Gasteiger partial charge is 0.231 e. The normalized spacial score (nSPS) is 19.0. The maximum atomic E-state index is 13.2. The molecule has 0 radical (unpaired) electrons. The average molecular weight is 475 g/mol. The summed E-state index contributed by atoms with van der Waals surface area (Å²) in [6, 6.07) is 10.5. The Morgan fingerprint density at radius 2 is 2.03 bits per heavy atom. The van der Waals surface area contributed by atoms with Crippen molar-refractivity contribution in [3.63, 3.8) is 0 Å². The van der Waals surface area contributed by atoms with Crippen molar-refractivity contribution >= 4 is 29.0 Å². The van der Waals surface area contributed by atoms with Crippen molar-refractivity contribution in [3.8, 4) is 28.6 Å². The summed E-state index contributed by atoms with van der Waals surface area (Å²) in [6.07, 6.45) is 1.15. The number of nitrogens with one attached hydrogen (secondary N) is 1. The molecule has 0 fully saturated rings. The van der Waals surface area contributed by atoms with Crippen molar-refractivity contribution in [1.82, 2.24) is 0 Å². The number of carbonyl (C=O) groups excluding carboxylic acids is 1. The summed E-state index contributed by atoms with van der Waals surface area (Å²) in [5.41, 5.74) is 2.82. The number of hydrogen-bond acceptors (Lipinski definition) is 5. The van der Waals surface area contributed by atoms with Crippen molar-refractivity contribution in [2.45, 2.75) is 18.9 Å². The lowest BCUT2D eigenvalue weighted by atomic mass is 9.88. The Morgan fingerprint density at radius 3 is 2.81 bits per heavy atom. The van der Waals surface area contributed by atoms with Crippen LogP contribution >= 0.6 is 23.2 Å². The fourth-order valence-electron chi connectivity index (χ4n) is 4.51. The van der Waals surface area contributed by atoms with E-state index in [4.69, 9.17) is 41.8 Å². The molecule has 0 bridgehead atoms. The van der Waals surface area contributed by atoms with Crippen molar-refractivity contribution in [3.05, 3.63) is 63.3 Å². The first-order valence-corrected chi connectivity index (χ1v) is 11.1. The molecule has 0 saturated heterocycles. The fraction of sp³-hybridized carbons (Fsp3) is 0.292. The first kappa shape index (κ1) is 21.2. The van der Waals surface area contributed by atoms with Gasteiger partial charge in [-0.2, -0.15) is 0 Å². The van der Waals surface area contributed by atoms with Gasteiger partial charge in [0.1, 0.15) is 11.8 Å². The van der Waals surface area contributed by atoms with E-state index in [1.165, 1.54) is 4.90 Å². The van der Waals surface area contributed by atoms with E-state index in [2.05, 4.69) is 7.05 Å². The van der Waals surface area contributed by atoms with Gasteiger partial charge in [-0.15, -0.1) is 0 Å². The largest absolute Gasteiger partial charge is 0.492 e. The van der Waals surface area contributed by atoms with E-state index >= 15 is 0 Å². The predicted molar refractivity (Wildman–Crippen MR) is 120 cm³/mol. The van der Waals surface area contributed by atoms with Gasteiger partial charge >= 0.3 is 0 Å². The number of halogens is 2. The van der Waals surface area contributed by atoms with Crippen molar-refractivity contribution in [2.24, 2.45) is 0 Å². The number of rotatable bonds is 5. The first-order valence-electron chi connectivity index (χ1n) is 10.4. The summed E-state index contributed by atoms with van der Waals surface area (Å²) < 4.78 is 22.8. The summed E-state index contributed by atoms with van der Waals surface area (Å²) >= 11 is 12.3. The topological polar surface area (TPSA) is 62.3 Å². The van der Waals surface area contributed by atoms with Crippen LogP contribution < -0.4 is 19.1 Å². The maximum Gasteiger partial charge on any atom is 0.231 e. The van der Waals surface area contributed by atoms with E-state index in [1.54, 1.807) is 37.4 Å². The van der Waals surface area contributed by atoms with Crippen LogP contribution in [0.2, 0.25) is 10.0 Å². The van der Waals surface area contributed by atoms with E-state index in [0.717, 1.165) is 24.1 Å². The molecule has 2 aromatic carbocycles. The molecule has 0 amide bonds. The van der Waals surface area contributed by atoms with Gasteiger partial charge in [-0.25, -0.2) is 0 Å². The van der Waals surface area contributed by atoms with Crippen LogP contribution in [0.4, 0.5) is 0 Å². The molecule has 166 valence electrons. The lowest BCUT2D eigenvalue weighted by Gasteiger charge is -2.32. The number of likely N-dealkylation sites (N-methyl/N-ethyl adjacent to an activating group) is 1. The van der Waals surface area contributed by atoms with Crippen LogP contribution in [0.5, 0.6) is 17.2 Å². The highest BCUT2D eigenvalue weighted by Crippen LogP contribution is 2.48. The summed E-state index contributed by atoms with van der Waals surface area (Å²) in [6.45, 7) is 1.07. The number of fused-ring (bicyclic) bond motifs is 2. The minimum absolute atomic E-state index is 0.0849. The number of ether oxygens (including phenoxy) is 3. The minimum Gasteiger partial charge on any atom is -0.492 e. The monoisotopic (exact) mass is 474 g/mol. The number of hydrogen-bond donors (Lipinski definition) is 1. The van der Waals surface area contributed by atoms with Crippen LogP contribution in [0.3, 0.4) is 0 Å². The van der Waals surface area contributed by atoms with Gasteiger partial charge in [0.2, 0.25) is 18.3 Å². The molecule has 5 rings (SSSR count). The Bertz CT molecular complexity index is 1210. The lowest BCUT2D eigenvalue weighted by Crippen LogP contribution is -3.10. The summed E-state index contributed by atoms with van der Waals surface area (Å²) in [5.74, 6) is 2.70. The van der Waals surface area contributed by atoms with Crippen LogP contribution in [0, 0.1) is 0 Å². The number of furan rings is 1. The summed E-state index contributed by atoms with van der Waals surface area (Å²) in [5, 5.41) is 1.01. The Hall–Kier alpha value is -2.67. The minimum atomic E-state index is -0.0941. The van der Waals surface area contributed by atoms with Gasteiger partial charge < -0.3 is 23.5 Å². The zero-order valence-electron chi connectivity index (χ0n) is 17.7. The van der Waals surface area contributed by atoms with E-state index < -0.39 is 0 Å². The highest BCUT2D eigenvalue weighted by atomic mass is 35.5. The number of methoxy groups -OCH3 is 1. The molecule has 3 heterocycles. The van der Waals surface area contributed by atoms with Gasteiger partial charge in [0.15, 0.2) is 17.3 Å². The Morgan fingerprint density at radius 1 is 1.19 bits per heavy atom. The van der Waals surface area contributed by atoms with Crippen LogP contribution in [0.1, 0.15) is 34.1 Å². The van der Waals surface area contributed by atoms with Crippen LogP contribution in [0.25, 0.3) is 11.3 Å². The molecular weight excluding hydrogens is 453 g/mol. The molecule has 0 saturated carbocycles. The van der Waals surface area contributed by atoms with Crippen molar-refractivity contribution < 1.29 is 28.3 Å². The first-order chi connectivity index (χ1) is 15.5. The number of benzene rings is 2. The number of Topliss-reactive ketones (excluding diaryl/α,β-unsaturated/α-hetero) is 1. The van der Waals surface area contributed by atoms with Gasteiger partial charge in [0, 0.05) is 17.0 Å². The van der Waals surface area contributed by atoms with Crippen molar-refractivity contribution in [1.29, 1.82) is 0 Å². The molecule has 1 aromatic heterocycles. The second-order valence-corrected chi connectivity index (χ2v) is 8.87. The van der Waals surface area contributed by atoms with Crippen LogP contribution in [-0.2, 0) is 6.42 Å². The van der Waals surface area contributed by atoms with Gasteiger partial charge in [0.05, 0.1) is 37.7 Å². The SMILES string of the molecule is COc1c2c(cc3c1[C@H](CC(=O)c1ccc(-c4ccc(Cl)cc4Cl)o1)[NH+](C)CC3)OCO2. The summed E-state index contributed by atoms with van der Waals surface area (Å²) in [4.78, 5) is 14.5. The Kier molecular flexibility index (Phi) is 5.53. The molecule has 8 heteroatoms. The molecule has 2 aliphatic heterocycles. The molecule has 6 nitrogen and oxygen atoms in total. The van der Waals surface area contributed by atoms with E-state index in [0.29, 0.717) is 44.4 Å². The average Bonchev–Trinajstić information content (AvgIpc) is 3.44. The third-order valence-corrected chi connectivity index (χ3v) is 6.69. The second-order valence-electron chi connectivity index (χ2n) is 8.03. The fourth-order valence-corrected chi connectivity index (χ4v) is 5.01. The van der Waals surface area contributed by atoms with Gasteiger partial charge in [-0.05, 0) is 42.0 Å². The Labute approximate surface area is 195 Å². The van der Waals surface area contributed by atoms with E-state index in [9.17, 15) is 4.79 Å². The summed E-state index contributed by atoms with van der Waals surface area (Å²) in [7, 11) is 3.71. The molecule has 2 atom stereocenters. The number of carbonyl (C=O) groups is 1. The maximum absolute atomic E-state index is 13.2. The van der Waals surface area contributed by atoms with E-state index in [1.807, 2.05) is 6.07 Å². The van der Waals surface area contributed by atoms with Gasteiger partial charge in [-0.3, -0.25) is 4.79 Å². The third-order valence-electron chi connectivity index (χ3n) is 6.15. The quantitative estimate of drug-likeness (QED) is 0.556. The number of quaternary nitrogens is 1. The zero-order chi connectivity index (χ0) is 22.4. The lowest BCUT2D eigenvalue weighted by molar-refractivity contribution is -0.913. The molecule has 1 unspecified atom stereocenters. The Balaban J connectivity index is 1.45. The zero-order valence-corrected chi connectivity index (χ0v) is 19.2. The molecule has 2 aliphatic rings. The standard InChI is InChI=1S/C24H21Cl2NO5/c1-27-8-7-13-9-21-23(31-12-30-21)24(29-2)22(13)17(27)11-18(28)20-6-5-19(32-20)15-4-3-14(25)10-16(15)26/h3-6,9-10,17H,7-8,11-12H2,1-2H3/p+1/t17-/m0/s1. The number of ketones is 1. The van der Waals surface area contributed by atoms with Crippen LogP contribution in [0.15, 0.2) is 40.8 Å². The second kappa shape index (κ2) is 8.35. The molecule has 32 heavy (non-hydrogen) atoms. The molecular formula is C24H22Cl2NO5+. The highest BCUT2D eigenvalue weighted by molar-refractivity contribution is 6.36. The third kappa shape index (κ3) is 3.62. The van der Waals surface area contributed by atoms with Crippen LogP contribution in [-0.4, -0.2) is 33.3 Å². The van der Waals surface area contributed by atoms with Crippen molar-refractivity contribution in [2.75, 3.05) is 27.5 Å². The molecule has 0 spiro atoms. The molecule has 3 aromatic rings. The van der Waals surface area contributed by atoms with Gasteiger partial charge in [-0.1, -0.05) is 23.2 Å².